The quantitative estimate of drug-likeness (QED) is 0.471. The van der Waals surface area contributed by atoms with E-state index >= 15 is 0 Å². The van der Waals surface area contributed by atoms with E-state index in [1.807, 2.05) is 20.8 Å². The van der Waals surface area contributed by atoms with Crippen LogP contribution in [0.2, 0.25) is 0 Å². The van der Waals surface area contributed by atoms with E-state index in [0.717, 1.165) is 6.26 Å². The van der Waals surface area contributed by atoms with Gasteiger partial charge in [0.1, 0.15) is 27.8 Å². The van der Waals surface area contributed by atoms with Crippen molar-refractivity contribution in [1.29, 1.82) is 0 Å². The summed E-state index contributed by atoms with van der Waals surface area (Å²) in [4.78, 5) is 27.6. The van der Waals surface area contributed by atoms with Crippen molar-refractivity contribution < 1.29 is 35.9 Å². The van der Waals surface area contributed by atoms with Crippen LogP contribution in [0.5, 0.6) is 0 Å². The molecule has 2 aromatic rings. The van der Waals surface area contributed by atoms with Crippen LogP contribution >= 0.6 is 0 Å². The Balaban J connectivity index is 1.81. The summed E-state index contributed by atoms with van der Waals surface area (Å²) in [6.45, 7) is 8.25. The largest absolute Gasteiger partial charge is 0.509 e. The molecular formula is C29H34FN3O7S2. The summed E-state index contributed by atoms with van der Waals surface area (Å²) in [6, 6.07) is 7.87. The van der Waals surface area contributed by atoms with E-state index in [1.54, 1.807) is 19.9 Å². The summed E-state index contributed by atoms with van der Waals surface area (Å²) < 4.78 is 70.1. The third kappa shape index (κ3) is 5.71. The van der Waals surface area contributed by atoms with Crippen LogP contribution in [0.1, 0.15) is 62.8 Å². The van der Waals surface area contributed by atoms with Crippen molar-refractivity contribution in [2.24, 2.45) is 9.81 Å². The Morgan fingerprint density at radius 2 is 1.86 bits per heavy atom. The van der Waals surface area contributed by atoms with Crippen LogP contribution in [-0.4, -0.2) is 61.0 Å². The highest BCUT2D eigenvalue weighted by molar-refractivity contribution is 7.91. The number of halogens is 1. The van der Waals surface area contributed by atoms with Gasteiger partial charge in [0.2, 0.25) is 15.9 Å². The summed E-state index contributed by atoms with van der Waals surface area (Å²) in [5.74, 6) is -2.09. The van der Waals surface area contributed by atoms with Crippen LogP contribution in [0.15, 0.2) is 57.0 Å². The second-order valence-electron chi connectivity index (χ2n) is 11.7. The molecule has 0 radical (unpaired) electrons. The Morgan fingerprint density at radius 1 is 1.19 bits per heavy atom. The van der Waals surface area contributed by atoms with Crippen LogP contribution in [-0.2, 0) is 42.7 Å². The molecule has 2 aromatic carbocycles. The minimum Gasteiger partial charge on any atom is -0.509 e. The second kappa shape index (κ2) is 10.9. The van der Waals surface area contributed by atoms with Gasteiger partial charge in [0, 0.05) is 18.5 Å². The molecule has 0 spiro atoms. The van der Waals surface area contributed by atoms with E-state index in [-0.39, 0.29) is 46.0 Å². The molecule has 2 aliphatic rings. The highest BCUT2D eigenvalue weighted by atomic mass is 32.2. The minimum atomic E-state index is -4.44. The lowest BCUT2D eigenvalue weighted by atomic mass is 9.84. The van der Waals surface area contributed by atoms with E-state index in [1.165, 1.54) is 35.2 Å². The maximum Gasteiger partial charge on any atom is 0.283 e. The number of nitrogens with zero attached hydrogens (tertiary/aromatic N) is 3. The topological polar surface area (TPSA) is 141 Å². The molecule has 4 rings (SSSR count). The van der Waals surface area contributed by atoms with Gasteiger partial charge in [-0.25, -0.2) is 17.1 Å². The van der Waals surface area contributed by atoms with Crippen molar-refractivity contribution in [2.75, 3.05) is 6.26 Å². The molecule has 0 aromatic heterocycles. The summed E-state index contributed by atoms with van der Waals surface area (Å²) in [6.07, 6.45) is 1.20. The van der Waals surface area contributed by atoms with Crippen molar-refractivity contribution in [3.8, 4) is 0 Å². The van der Waals surface area contributed by atoms with Crippen LogP contribution in [0.4, 0.5) is 4.39 Å². The first kappa shape index (κ1) is 31.4. The number of rotatable bonds is 8. The number of aliphatic hydroxyl groups excluding tert-OH is 1. The van der Waals surface area contributed by atoms with Gasteiger partial charge in [-0.15, -0.1) is 0 Å². The fourth-order valence-electron chi connectivity index (χ4n) is 5.40. The number of aliphatic hydroxyl groups is 1. The first-order valence-corrected chi connectivity index (χ1v) is 16.6. The van der Waals surface area contributed by atoms with Crippen LogP contribution < -0.4 is 0 Å². The Morgan fingerprint density at radius 3 is 2.43 bits per heavy atom. The average Bonchev–Trinajstić information content (AvgIpc) is 3.27. The lowest BCUT2D eigenvalue weighted by Gasteiger charge is -2.35. The Labute approximate surface area is 245 Å². The molecule has 0 saturated heterocycles. The monoisotopic (exact) mass is 619 g/mol. The molecule has 0 unspecified atom stereocenters. The molecule has 0 bridgehead atoms. The van der Waals surface area contributed by atoms with Gasteiger partial charge in [0.25, 0.3) is 15.9 Å². The second-order valence-corrected chi connectivity index (χ2v) is 15.1. The number of aryl methyl sites for hydroxylation is 1. The van der Waals surface area contributed by atoms with Crippen molar-refractivity contribution in [1.82, 2.24) is 9.21 Å². The zero-order chi connectivity index (χ0) is 31.4. The highest BCUT2D eigenvalue weighted by Gasteiger charge is 2.49. The zero-order valence-corrected chi connectivity index (χ0v) is 25.9. The fraction of sp³-hybridized carbons (Fsp3) is 0.414. The molecule has 13 heteroatoms. The molecule has 2 amide bonds. The minimum absolute atomic E-state index is 0.0117. The van der Waals surface area contributed by atoms with Gasteiger partial charge in [-0.2, -0.15) is 12.8 Å². The molecule has 226 valence electrons. The molecular weight excluding hydrogens is 585 g/mol. The van der Waals surface area contributed by atoms with E-state index in [4.69, 9.17) is 0 Å². The molecule has 1 N–H and O–H groups in total. The van der Waals surface area contributed by atoms with Crippen molar-refractivity contribution in [3.05, 3.63) is 75.8 Å². The number of benzene rings is 2. The summed E-state index contributed by atoms with van der Waals surface area (Å²) in [7, 11) is -8.48. The average molecular weight is 620 g/mol. The maximum atomic E-state index is 13.9. The zero-order valence-electron chi connectivity index (χ0n) is 24.3. The normalized spacial score (nSPS) is 18.4. The number of carbonyl (C=O) groups is 2. The smallest absolute Gasteiger partial charge is 0.283 e. The highest BCUT2D eigenvalue weighted by Crippen LogP contribution is 2.41. The molecule has 10 nitrogen and oxygen atoms in total. The molecule has 42 heavy (non-hydrogen) atoms. The van der Waals surface area contributed by atoms with Gasteiger partial charge >= 0.3 is 0 Å². The van der Waals surface area contributed by atoms with Gasteiger partial charge < -0.3 is 10.0 Å². The SMILES string of the molecule is CCCC(=O)N(Cc1cccc2c1S(=O)(=O)N=C2C1=C(O)[C@H](C(C)(C)C)N(Cc2ccc(F)c(C)c2)C1=O)S(C)(=O)=O. The fourth-order valence-corrected chi connectivity index (χ4v) is 7.66. The Kier molecular flexibility index (Phi) is 8.15. The van der Waals surface area contributed by atoms with Crippen LogP contribution in [0.3, 0.4) is 0 Å². The van der Waals surface area contributed by atoms with Crippen LogP contribution in [0.25, 0.3) is 0 Å². The third-order valence-corrected chi connectivity index (χ3v) is 9.77. The number of sulfonamides is 2. The summed E-state index contributed by atoms with van der Waals surface area (Å²) in [5, 5.41) is 11.5. The molecule has 1 atom stereocenters. The lowest BCUT2D eigenvalue weighted by molar-refractivity contribution is -0.129. The predicted octanol–water partition coefficient (Wildman–Crippen LogP) is 3.98. The van der Waals surface area contributed by atoms with E-state index < -0.39 is 55.7 Å². The Hall–Kier alpha value is -3.58. The van der Waals surface area contributed by atoms with Gasteiger partial charge in [0.15, 0.2) is 0 Å². The number of hydrogen-bond donors (Lipinski definition) is 1. The van der Waals surface area contributed by atoms with Crippen molar-refractivity contribution in [2.45, 2.75) is 71.5 Å². The standard InChI is InChI=1S/C29H34FN3O7S2/c1-7-9-22(34)33(41(6,37)38)16-19-10-8-11-20-24(31-42(39,40)26(19)20)23-25(35)27(29(3,4)5)32(28(23)36)15-18-12-13-21(30)17(2)14-18/h8,10-14,27,35H,7,9,15-16H2,1-6H3/t27-/m1/s1. The van der Waals surface area contributed by atoms with Crippen molar-refractivity contribution >= 4 is 37.6 Å². The summed E-state index contributed by atoms with van der Waals surface area (Å²) >= 11 is 0. The lowest BCUT2D eigenvalue weighted by Crippen LogP contribution is -2.43. The Bertz CT molecular complexity index is 1760. The van der Waals surface area contributed by atoms with E-state index in [2.05, 4.69) is 4.40 Å². The van der Waals surface area contributed by atoms with Gasteiger partial charge in [-0.3, -0.25) is 9.59 Å². The number of amides is 2. The summed E-state index contributed by atoms with van der Waals surface area (Å²) in [5.41, 5.74) is -0.190. The third-order valence-electron chi connectivity index (χ3n) is 7.21. The molecule has 2 heterocycles. The van der Waals surface area contributed by atoms with Crippen LogP contribution in [0, 0.1) is 18.2 Å². The predicted molar refractivity (Wildman–Crippen MR) is 155 cm³/mol. The molecule has 0 saturated carbocycles. The van der Waals surface area contributed by atoms with E-state index in [0.29, 0.717) is 21.9 Å². The van der Waals surface area contributed by atoms with Gasteiger partial charge in [-0.1, -0.05) is 58.0 Å². The molecule has 0 aliphatic carbocycles. The van der Waals surface area contributed by atoms with E-state index in [9.17, 15) is 35.9 Å². The van der Waals surface area contributed by atoms with Crippen molar-refractivity contribution in [3.63, 3.8) is 0 Å². The number of fused-ring (bicyclic) bond motifs is 1. The molecule has 0 fully saturated rings. The maximum absolute atomic E-state index is 13.9. The molecule has 2 aliphatic heterocycles. The number of hydrogen-bond acceptors (Lipinski definition) is 7. The number of carbonyl (C=O) groups excluding carboxylic acids is 2. The van der Waals surface area contributed by atoms with Gasteiger partial charge in [0.05, 0.1) is 18.8 Å². The first-order chi connectivity index (χ1) is 19.4. The van der Waals surface area contributed by atoms with Gasteiger partial charge in [-0.05, 0) is 41.5 Å². The first-order valence-electron chi connectivity index (χ1n) is 13.4.